The van der Waals surface area contributed by atoms with Gasteiger partial charge in [-0.15, -0.1) is 0 Å². The van der Waals surface area contributed by atoms with E-state index in [1.165, 1.54) is 0 Å². The van der Waals surface area contributed by atoms with Crippen molar-refractivity contribution in [3.05, 3.63) is 144 Å². The number of ether oxygens (including phenoxy) is 6. The lowest BCUT2D eigenvalue weighted by atomic mass is 9.72. The van der Waals surface area contributed by atoms with E-state index < -0.39 is 11.2 Å². The van der Waals surface area contributed by atoms with Gasteiger partial charge in [0.1, 0.15) is 0 Å². The summed E-state index contributed by atoms with van der Waals surface area (Å²) in [5.41, 5.74) is 3.63. The molecule has 0 radical (unpaired) electrons. The van der Waals surface area contributed by atoms with E-state index in [2.05, 4.69) is 97.1 Å². The van der Waals surface area contributed by atoms with E-state index in [0.717, 1.165) is 73.6 Å². The van der Waals surface area contributed by atoms with Crippen LogP contribution in [0.4, 0.5) is 0 Å². The second-order valence-electron chi connectivity index (χ2n) is 13.9. The predicted molar refractivity (Wildman–Crippen MR) is 196 cm³/mol. The van der Waals surface area contributed by atoms with Gasteiger partial charge in [0.15, 0.2) is 0 Å². The molecule has 6 rings (SSSR count). The lowest BCUT2D eigenvalue weighted by Gasteiger charge is -2.49. The van der Waals surface area contributed by atoms with Crippen LogP contribution in [0.5, 0.6) is 0 Å². The van der Waals surface area contributed by atoms with Crippen molar-refractivity contribution >= 4 is 0 Å². The van der Waals surface area contributed by atoms with E-state index in [0.29, 0.717) is 26.4 Å². The van der Waals surface area contributed by atoms with Crippen molar-refractivity contribution in [3.63, 3.8) is 0 Å². The molecular weight excluding hydrogens is 624 g/mol. The molecule has 0 aromatic heterocycles. The van der Waals surface area contributed by atoms with Gasteiger partial charge in [-0.2, -0.15) is 0 Å². The van der Waals surface area contributed by atoms with Crippen molar-refractivity contribution in [1.29, 1.82) is 0 Å². The van der Waals surface area contributed by atoms with Crippen LogP contribution >= 0.6 is 0 Å². The zero-order valence-corrected chi connectivity index (χ0v) is 29.8. The van der Waals surface area contributed by atoms with Gasteiger partial charge >= 0.3 is 0 Å². The van der Waals surface area contributed by atoms with Crippen molar-refractivity contribution in [2.24, 2.45) is 0 Å². The van der Waals surface area contributed by atoms with E-state index >= 15 is 0 Å². The fraction of sp³-hybridized carbons (Fsp3) is 0.455. The summed E-state index contributed by atoms with van der Waals surface area (Å²) in [5.74, 6) is 0. The van der Waals surface area contributed by atoms with E-state index in [1.54, 1.807) is 0 Å². The Morgan fingerprint density at radius 3 is 0.800 bits per heavy atom. The van der Waals surface area contributed by atoms with E-state index in [4.69, 9.17) is 28.4 Å². The highest BCUT2D eigenvalue weighted by atomic mass is 16.6. The fourth-order valence-corrected chi connectivity index (χ4v) is 8.06. The molecule has 2 saturated carbocycles. The smallest absolute Gasteiger partial charge is 0.0968 e. The second kappa shape index (κ2) is 18.2. The van der Waals surface area contributed by atoms with Gasteiger partial charge < -0.3 is 28.4 Å². The Hall–Kier alpha value is -3.36. The molecule has 0 aliphatic heterocycles. The number of methoxy groups -OCH3 is 2. The molecule has 4 atom stereocenters. The molecule has 50 heavy (non-hydrogen) atoms. The largest absolute Gasteiger partial charge is 0.375 e. The third kappa shape index (κ3) is 9.29. The SMILES string of the molecule is COC1(C2(OC)CCC(OCc3ccccc3)C(OCc3ccccc3)CC2)CCC(OCc2ccccc2)C(OCc2ccccc2)CC1. The van der Waals surface area contributed by atoms with Crippen LogP contribution in [0, 0.1) is 0 Å². The van der Waals surface area contributed by atoms with E-state index in [-0.39, 0.29) is 24.4 Å². The Kier molecular flexibility index (Phi) is 13.3. The molecule has 0 spiro atoms. The Bertz CT molecular complexity index is 1290. The van der Waals surface area contributed by atoms with Crippen LogP contribution < -0.4 is 0 Å². The van der Waals surface area contributed by atoms with E-state index in [1.807, 2.05) is 38.5 Å². The molecule has 0 heterocycles. The molecule has 2 aliphatic rings. The molecule has 4 aromatic rings. The quantitative estimate of drug-likeness (QED) is 0.117. The average Bonchev–Trinajstić information content (AvgIpc) is 3.49. The van der Waals surface area contributed by atoms with Crippen LogP contribution in [0.1, 0.15) is 73.6 Å². The minimum absolute atomic E-state index is 0.0699. The normalized spacial score (nSPS) is 27.3. The molecule has 266 valence electrons. The maximum atomic E-state index is 6.69. The molecule has 4 unspecified atom stereocenters. The number of benzene rings is 4. The first-order chi connectivity index (χ1) is 24.6. The summed E-state index contributed by atoms with van der Waals surface area (Å²) in [5, 5.41) is 0. The van der Waals surface area contributed by atoms with Crippen LogP contribution in [0.25, 0.3) is 0 Å². The zero-order chi connectivity index (χ0) is 34.5. The average molecular weight is 679 g/mol. The molecule has 6 nitrogen and oxygen atoms in total. The molecule has 0 saturated heterocycles. The lowest BCUT2D eigenvalue weighted by Crippen LogP contribution is -2.56. The van der Waals surface area contributed by atoms with Crippen molar-refractivity contribution in [3.8, 4) is 0 Å². The van der Waals surface area contributed by atoms with Crippen molar-refractivity contribution in [2.45, 2.75) is 113 Å². The summed E-state index contributed by atoms with van der Waals surface area (Å²) in [6, 6.07) is 41.6. The van der Waals surface area contributed by atoms with Gasteiger partial charge in [0.2, 0.25) is 0 Å². The van der Waals surface area contributed by atoms with Crippen LogP contribution in [-0.2, 0) is 54.8 Å². The molecule has 0 bridgehead atoms. The van der Waals surface area contributed by atoms with Crippen LogP contribution in [-0.4, -0.2) is 49.8 Å². The monoisotopic (exact) mass is 678 g/mol. The summed E-state index contributed by atoms with van der Waals surface area (Å²) in [4.78, 5) is 0. The first-order valence-electron chi connectivity index (χ1n) is 18.3. The number of hydrogen-bond acceptors (Lipinski definition) is 6. The van der Waals surface area contributed by atoms with Gasteiger partial charge in [0.25, 0.3) is 0 Å². The van der Waals surface area contributed by atoms with Gasteiger partial charge in [0, 0.05) is 14.2 Å². The zero-order valence-electron chi connectivity index (χ0n) is 29.8. The van der Waals surface area contributed by atoms with Crippen molar-refractivity contribution < 1.29 is 28.4 Å². The summed E-state index contributed by atoms with van der Waals surface area (Å²) in [6.07, 6.45) is 6.22. The molecule has 0 amide bonds. The summed E-state index contributed by atoms with van der Waals surface area (Å²) in [6.45, 7) is 2.19. The highest BCUT2D eigenvalue weighted by molar-refractivity contribution is 5.16. The lowest BCUT2D eigenvalue weighted by molar-refractivity contribution is -0.200. The molecule has 2 fully saturated rings. The number of rotatable bonds is 15. The highest BCUT2D eigenvalue weighted by Gasteiger charge is 2.55. The molecule has 6 heteroatoms. The van der Waals surface area contributed by atoms with E-state index in [9.17, 15) is 0 Å². The fourth-order valence-electron chi connectivity index (χ4n) is 8.06. The summed E-state index contributed by atoms with van der Waals surface area (Å²) >= 11 is 0. The second-order valence-corrected chi connectivity index (χ2v) is 13.9. The topological polar surface area (TPSA) is 55.4 Å². The van der Waals surface area contributed by atoms with Gasteiger partial charge in [-0.25, -0.2) is 0 Å². The van der Waals surface area contributed by atoms with Crippen LogP contribution in [0.15, 0.2) is 121 Å². The Labute approximate surface area is 299 Å². The van der Waals surface area contributed by atoms with Gasteiger partial charge in [-0.05, 0) is 73.6 Å². The van der Waals surface area contributed by atoms with Crippen LogP contribution in [0.3, 0.4) is 0 Å². The predicted octanol–water partition coefficient (Wildman–Crippen LogP) is 9.25. The number of hydrogen-bond donors (Lipinski definition) is 0. The summed E-state index contributed by atoms with van der Waals surface area (Å²) in [7, 11) is 3.73. The molecule has 2 aliphatic carbocycles. The first-order valence-corrected chi connectivity index (χ1v) is 18.3. The Morgan fingerprint density at radius 1 is 0.380 bits per heavy atom. The van der Waals surface area contributed by atoms with Crippen molar-refractivity contribution in [1.82, 2.24) is 0 Å². The third-order valence-corrected chi connectivity index (χ3v) is 11.0. The minimum Gasteiger partial charge on any atom is -0.375 e. The van der Waals surface area contributed by atoms with Gasteiger partial charge in [0.05, 0.1) is 62.0 Å². The molecule has 4 aromatic carbocycles. The highest BCUT2D eigenvalue weighted by Crippen LogP contribution is 2.49. The molecular formula is C44H54O6. The van der Waals surface area contributed by atoms with Gasteiger partial charge in [-0.3, -0.25) is 0 Å². The van der Waals surface area contributed by atoms with Crippen molar-refractivity contribution in [2.75, 3.05) is 14.2 Å². The van der Waals surface area contributed by atoms with Crippen LogP contribution in [0.2, 0.25) is 0 Å². The maximum Gasteiger partial charge on any atom is 0.0968 e. The third-order valence-electron chi connectivity index (χ3n) is 11.0. The standard InChI is InChI=1S/C44H54O6/c1-45-43(27-23-39(47-31-35-15-7-3-8-16-35)40(24-28-43)48-32-36-17-9-4-10-18-36)44(46-2)29-25-41(49-33-37-19-11-5-12-20-37)42(26-30-44)50-34-38-21-13-6-14-22-38/h3-22,39-42H,23-34H2,1-2H3. The minimum atomic E-state index is -0.515. The summed E-state index contributed by atoms with van der Waals surface area (Å²) < 4.78 is 40.1. The van der Waals surface area contributed by atoms with Gasteiger partial charge in [-0.1, -0.05) is 121 Å². The molecule has 0 N–H and O–H groups in total. The Morgan fingerprint density at radius 2 is 0.600 bits per heavy atom. The Balaban J connectivity index is 1.21. The first kappa shape index (κ1) is 36.4. The maximum absolute atomic E-state index is 6.69.